The van der Waals surface area contributed by atoms with Crippen LogP contribution in [0.4, 0.5) is 0 Å². The van der Waals surface area contributed by atoms with Crippen molar-refractivity contribution in [1.29, 1.82) is 0 Å². The third kappa shape index (κ3) is 2.18. The van der Waals surface area contributed by atoms with E-state index < -0.39 is 0 Å². The minimum atomic E-state index is 0.549. The average molecular weight is 216 g/mol. The predicted octanol–water partition coefficient (Wildman–Crippen LogP) is 2.39. The second-order valence-corrected chi connectivity index (χ2v) is 5.29. The molecule has 11 heavy (non-hydrogen) atoms. The van der Waals surface area contributed by atoms with Crippen LogP contribution in [0.1, 0.15) is 49.8 Å². The van der Waals surface area contributed by atoms with Gasteiger partial charge in [0.1, 0.15) is 0 Å². The number of hydrogen-bond donors (Lipinski definition) is 0. The average Bonchev–Trinajstić information content (AvgIpc) is 2.33. The van der Waals surface area contributed by atoms with Crippen LogP contribution in [-0.4, -0.2) is 19.5 Å². The maximum atomic E-state index is 4.59. The molecular weight excluding hydrogens is 201 g/mol. The van der Waals surface area contributed by atoms with Crippen molar-refractivity contribution in [1.82, 2.24) is 4.98 Å². The third-order valence-corrected chi connectivity index (χ3v) is 4.07. The van der Waals surface area contributed by atoms with Crippen molar-refractivity contribution < 1.29 is 0 Å². The summed E-state index contributed by atoms with van der Waals surface area (Å²) in [5, 5.41) is 0. The van der Waals surface area contributed by atoms with E-state index in [1.807, 2.05) is 0 Å². The molecule has 62 valence electrons. The van der Waals surface area contributed by atoms with E-state index in [0.29, 0.717) is 26.3 Å². The van der Waals surface area contributed by atoms with Gasteiger partial charge in [0.15, 0.2) is 0 Å². The van der Waals surface area contributed by atoms with Crippen LogP contribution in [0.25, 0.3) is 0 Å². The van der Waals surface area contributed by atoms with Gasteiger partial charge in [-0.15, -0.1) is 0 Å². The molecule has 1 aromatic heterocycles. The summed E-state index contributed by atoms with van der Waals surface area (Å²) < 4.78 is 1.40. The molecule has 0 unspecified atom stereocenters. The molecule has 0 aromatic carbocycles. The van der Waals surface area contributed by atoms with E-state index in [-0.39, 0.29) is 0 Å². The van der Waals surface area contributed by atoms with Gasteiger partial charge in [-0.25, -0.2) is 0 Å². The summed E-state index contributed by atoms with van der Waals surface area (Å²) in [5.74, 6) is 1.25. The van der Waals surface area contributed by atoms with Gasteiger partial charge in [-0.2, -0.15) is 0 Å². The minimum absolute atomic E-state index is 0.549. The Kier molecular flexibility index (Phi) is 2.91. The van der Waals surface area contributed by atoms with Gasteiger partial charge < -0.3 is 0 Å². The molecule has 2 heteroatoms. The molecule has 0 spiro atoms. The second kappa shape index (κ2) is 3.55. The van der Waals surface area contributed by atoms with Crippen molar-refractivity contribution in [3.8, 4) is 0 Å². The molecule has 0 aliphatic carbocycles. The topological polar surface area (TPSA) is 12.9 Å². The quantitative estimate of drug-likeness (QED) is 0.692. The monoisotopic (exact) mass is 217 g/mol. The summed E-state index contributed by atoms with van der Waals surface area (Å²) in [7, 11) is 0. The molecule has 0 radical (unpaired) electrons. The fourth-order valence-corrected chi connectivity index (χ4v) is 2.92. The van der Waals surface area contributed by atoms with E-state index in [2.05, 4.69) is 37.6 Å². The zero-order chi connectivity index (χ0) is 8.43. The Hall–Kier alpha value is -0.0705. The van der Waals surface area contributed by atoms with Crippen LogP contribution in [0.3, 0.4) is 0 Å². The maximum absolute atomic E-state index is 4.59. The Bertz CT molecular complexity index is 203. The SMILES string of the molecule is CC(C)c1c[se]c(C(C)C)n1. The summed E-state index contributed by atoms with van der Waals surface area (Å²) in [6, 6.07) is 0. The summed E-state index contributed by atoms with van der Waals surface area (Å²) in [6.45, 7) is 8.85. The van der Waals surface area contributed by atoms with E-state index in [9.17, 15) is 0 Å². The van der Waals surface area contributed by atoms with Gasteiger partial charge in [0, 0.05) is 0 Å². The van der Waals surface area contributed by atoms with Gasteiger partial charge in [0.25, 0.3) is 0 Å². The molecule has 0 aliphatic rings. The Morgan fingerprint density at radius 2 is 1.82 bits per heavy atom. The van der Waals surface area contributed by atoms with Crippen molar-refractivity contribution in [3.63, 3.8) is 0 Å². The second-order valence-electron chi connectivity index (χ2n) is 3.42. The molecule has 0 saturated heterocycles. The normalized spacial score (nSPS) is 11.5. The molecule has 0 aliphatic heterocycles. The van der Waals surface area contributed by atoms with Crippen LogP contribution < -0.4 is 0 Å². The van der Waals surface area contributed by atoms with Gasteiger partial charge in [0.2, 0.25) is 0 Å². The standard InChI is InChI=1S/C9H15NSe/c1-6(2)8-5-11-9(10-8)7(3)4/h5-7H,1-4H3. The Morgan fingerprint density at radius 1 is 1.18 bits per heavy atom. The Balaban J connectivity index is 2.82. The van der Waals surface area contributed by atoms with Gasteiger partial charge >= 0.3 is 74.2 Å². The van der Waals surface area contributed by atoms with Crippen LogP contribution in [0.2, 0.25) is 0 Å². The van der Waals surface area contributed by atoms with Gasteiger partial charge in [0.05, 0.1) is 0 Å². The predicted molar refractivity (Wildman–Crippen MR) is 49.4 cm³/mol. The molecular formula is C9H15NSe. The first kappa shape index (κ1) is 9.02. The van der Waals surface area contributed by atoms with Gasteiger partial charge in [-0.05, 0) is 0 Å². The fourth-order valence-electron chi connectivity index (χ4n) is 0.831. The van der Waals surface area contributed by atoms with Crippen molar-refractivity contribution in [2.45, 2.75) is 39.5 Å². The van der Waals surface area contributed by atoms with Gasteiger partial charge in [-0.3, -0.25) is 0 Å². The number of aromatic nitrogens is 1. The molecule has 0 N–H and O–H groups in total. The summed E-state index contributed by atoms with van der Waals surface area (Å²) >= 11 is 0.549. The molecule has 1 nitrogen and oxygen atoms in total. The molecule has 0 fully saturated rings. The number of rotatable bonds is 2. The number of nitrogens with zero attached hydrogens (tertiary/aromatic N) is 1. The van der Waals surface area contributed by atoms with E-state index in [4.69, 9.17) is 0 Å². The molecule has 0 atom stereocenters. The fraction of sp³-hybridized carbons (Fsp3) is 0.667. The zero-order valence-electron chi connectivity index (χ0n) is 7.59. The van der Waals surface area contributed by atoms with Crippen molar-refractivity contribution in [2.24, 2.45) is 0 Å². The van der Waals surface area contributed by atoms with E-state index in [1.54, 1.807) is 0 Å². The van der Waals surface area contributed by atoms with Crippen molar-refractivity contribution in [3.05, 3.63) is 15.2 Å². The van der Waals surface area contributed by atoms with Crippen LogP contribution in [0.15, 0.2) is 4.94 Å². The Labute approximate surface area is 74.6 Å². The summed E-state index contributed by atoms with van der Waals surface area (Å²) in [6.07, 6.45) is 0. The molecule has 0 saturated carbocycles. The van der Waals surface area contributed by atoms with Crippen LogP contribution >= 0.6 is 0 Å². The van der Waals surface area contributed by atoms with Crippen molar-refractivity contribution >= 4 is 14.5 Å². The zero-order valence-corrected chi connectivity index (χ0v) is 9.30. The first-order valence-corrected chi connectivity index (χ1v) is 5.91. The summed E-state index contributed by atoms with van der Waals surface area (Å²) in [5.41, 5.74) is 1.30. The van der Waals surface area contributed by atoms with Gasteiger partial charge in [-0.1, -0.05) is 0 Å². The number of hydrogen-bond acceptors (Lipinski definition) is 1. The van der Waals surface area contributed by atoms with Crippen LogP contribution in [0.5, 0.6) is 0 Å². The van der Waals surface area contributed by atoms with E-state index in [0.717, 1.165) is 0 Å². The van der Waals surface area contributed by atoms with Crippen LogP contribution in [-0.2, 0) is 0 Å². The summed E-state index contributed by atoms with van der Waals surface area (Å²) in [4.78, 5) is 6.91. The first-order valence-electron chi connectivity index (χ1n) is 4.06. The Morgan fingerprint density at radius 3 is 2.09 bits per heavy atom. The third-order valence-electron chi connectivity index (χ3n) is 1.63. The van der Waals surface area contributed by atoms with Crippen LogP contribution in [0, 0.1) is 0 Å². The molecule has 0 bridgehead atoms. The van der Waals surface area contributed by atoms with E-state index >= 15 is 0 Å². The van der Waals surface area contributed by atoms with E-state index in [1.165, 1.54) is 10.3 Å². The molecule has 1 aromatic rings. The molecule has 1 rings (SSSR count). The van der Waals surface area contributed by atoms with Crippen molar-refractivity contribution in [2.75, 3.05) is 0 Å². The molecule has 0 amide bonds. The first-order chi connectivity index (χ1) is 5.11. The molecule has 1 heterocycles.